The summed E-state index contributed by atoms with van der Waals surface area (Å²) in [5, 5.41) is 0. The summed E-state index contributed by atoms with van der Waals surface area (Å²) < 4.78 is 10.6. The molecule has 0 aliphatic heterocycles. The molecule has 0 atom stereocenters. The number of ether oxygens (including phenoxy) is 1. The Kier molecular flexibility index (Phi) is 6.00. The van der Waals surface area contributed by atoms with Gasteiger partial charge in [-0.1, -0.05) is 36.9 Å². The van der Waals surface area contributed by atoms with E-state index >= 15 is 0 Å². The summed E-state index contributed by atoms with van der Waals surface area (Å²) in [6.45, 7) is 5.21. The zero-order valence-corrected chi connectivity index (χ0v) is 10.7. The van der Waals surface area contributed by atoms with Crippen LogP contribution in [0.3, 0.4) is 0 Å². The Morgan fingerprint density at radius 1 is 1.33 bits per heavy atom. The van der Waals surface area contributed by atoms with Crippen LogP contribution in [0.2, 0.25) is 6.04 Å². The normalized spacial score (nSPS) is 11.0. The van der Waals surface area contributed by atoms with Crippen LogP contribution < -0.4 is 0 Å². The van der Waals surface area contributed by atoms with Crippen LogP contribution >= 0.6 is 0 Å². The van der Waals surface area contributed by atoms with E-state index < -0.39 is 0 Å². The van der Waals surface area contributed by atoms with E-state index in [0.717, 1.165) is 18.2 Å². The Hall–Kier alpha value is -0.903. The van der Waals surface area contributed by atoms with Gasteiger partial charge in [0.05, 0.1) is 6.61 Å². The summed E-state index contributed by atoms with van der Waals surface area (Å²) in [6.07, 6.45) is 1.84. The number of rotatable bonds is 7. The first-order valence-electron chi connectivity index (χ1n) is 5.15. The second-order valence-electron chi connectivity index (χ2n) is 3.34. The van der Waals surface area contributed by atoms with E-state index in [4.69, 9.17) is 9.16 Å². The lowest BCUT2D eigenvalue weighted by atomic mass is 10.1. The molecule has 0 amide bonds. The molecule has 0 aliphatic rings. The van der Waals surface area contributed by atoms with Crippen molar-refractivity contribution < 1.29 is 9.16 Å². The molecule has 0 saturated carbocycles. The van der Waals surface area contributed by atoms with E-state index in [2.05, 4.69) is 30.8 Å². The molecule has 0 fully saturated rings. The van der Waals surface area contributed by atoms with Gasteiger partial charge in [0.2, 0.25) is 0 Å². The van der Waals surface area contributed by atoms with Crippen molar-refractivity contribution in [3.63, 3.8) is 0 Å². The van der Waals surface area contributed by atoms with Crippen LogP contribution in [-0.4, -0.2) is 23.5 Å². The monoisotopic (exact) mass is 222 g/mol. The van der Waals surface area contributed by atoms with Crippen molar-refractivity contribution in [2.45, 2.75) is 12.7 Å². The molecular weight excluding hydrogens is 204 g/mol. The minimum absolute atomic E-state index is 0.327. The zero-order valence-electron chi connectivity index (χ0n) is 9.24. The van der Waals surface area contributed by atoms with Crippen LogP contribution in [-0.2, 0) is 15.8 Å². The van der Waals surface area contributed by atoms with Crippen molar-refractivity contribution in [1.82, 2.24) is 0 Å². The summed E-state index contributed by atoms with van der Waals surface area (Å²) in [4.78, 5) is 0. The van der Waals surface area contributed by atoms with Crippen LogP contribution in [0, 0.1) is 0 Å². The molecule has 0 unspecified atom stereocenters. The average Bonchev–Trinajstić information content (AvgIpc) is 2.30. The smallest absolute Gasteiger partial charge is 0.163 e. The molecule has 0 bridgehead atoms. The van der Waals surface area contributed by atoms with Gasteiger partial charge in [-0.15, -0.1) is 0 Å². The largest absolute Gasteiger partial charge is 0.427 e. The lowest BCUT2D eigenvalue weighted by molar-refractivity contribution is 0.132. The molecule has 3 heteroatoms. The molecule has 0 spiro atoms. The molecule has 15 heavy (non-hydrogen) atoms. The second-order valence-corrected chi connectivity index (χ2v) is 5.04. The van der Waals surface area contributed by atoms with Gasteiger partial charge in [-0.3, -0.25) is 0 Å². The lowest BCUT2D eigenvalue weighted by Gasteiger charge is -2.04. The highest BCUT2D eigenvalue weighted by atomic mass is 28.2. The van der Waals surface area contributed by atoms with E-state index in [1.165, 1.54) is 5.56 Å². The van der Waals surface area contributed by atoms with Crippen LogP contribution in [0.1, 0.15) is 11.1 Å². The summed E-state index contributed by atoms with van der Waals surface area (Å²) >= 11 is 0. The standard InChI is InChI=1S/C12H18O2Si/c1-3-11-4-6-12(7-5-11)10-14-8-9-15-13-2/h3-7H,1,8-10,15H2,2H3. The predicted octanol–water partition coefficient (Wildman–Crippen LogP) is 1.99. The Balaban J connectivity index is 2.22. The first-order chi connectivity index (χ1) is 7.36. The summed E-state index contributed by atoms with van der Waals surface area (Å²) in [7, 11) is 1.44. The van der Waals surface area contributed by atoms with Gasteiger partial charge >= 0.3 is 0 Å². The van der Waals surface area contributed by atoms with Crippen molar-refractivity contribution in [2.75, 3.05) is 13.7 Å². The molecule has 82 valence electrons. The summed E-state index contributed by atoms with van der Waals surface area (Å²) in [5.41, 5.74) is 2.35. The molecule has 1 rings (SSSR count). The van der Waals surface area contributed by atoms with E-state index in [-0.39, 0.29) is 9.76 Å². The molecular formula is C12H18O2Si. The first-order valence-corrected chi connectivity index (χ1v) is 6.72. The quantitative estimate of drug-likeness (QED) is 0.519. The highest BCUT2D eigenvalue weighted by Crippen LogP contribution is 2.06. The highest BCUT2D eigenvalue weighted by Gasteiger charge is 1.93. The average molecular weight is 222 g/mol. The molecule has 0 aliphatic carbocycles. The van der Waals surface area contributed by atoms with Crippen molar-refractivity contribution in [3.05, 3.63) is 42.0 Å². The Morgan fingerprint density at radius 2 is 2.07 bits per heavy atom. The maximum Gasteiger partial charge on any atom is 0.163 e. The summed E-state index contributed by atoms with van der Waals surface area (Å²) in [5.74, 6) is 0. The first kappa shape index (κ1) is 12.2. The van der Waals surface area contributed by atoms with Gasteiger partial charge in [0, 0.05) is 13.7 Å². The van der Waals surface area contributed by atoms with Crippen LogP contribution in [0.15, 0.2) is 30.8 Å². The molecule has 0 aromatic heterocycles. The van der Waals surface area contributed by atoms with Gasteiger partial charge in [-0.05, 0) is 17.2 Å². The van der Waals surface area contributed by atoms with Crippen molar-refractivity contribution in [3.8, 4) is 0 Å². The molecule has 0 N–H and O–H groups in total. The van der Waals surface area contributed by atoms with Crippen LogP contribution in [0.4, 0.5) is 0 Å². The second kappa shape index (κ2) is 7.40. The SMILES string of the molecule is C=Cc1ccc(COCC[SiH2]OC)cc1. The molecule has 2 nitrogen and oxygen atoms in total. The molecule has 0 saturated heterocycles. The molecule has 1 aromatic rings. The van der Waals surface area contributed by atoms with Gasteiger partial charge in [-0.25, -0.2) is 0 Å². The van der Waals surface area contributed by atoms with Gasteiger partial charge in [0.25, 0.3) is 0 Å². The van der Waals surface area contributed by atoms with Crippen molar-refractivity contribution in [1.29, 1.82) is 0 Å². The minimum Gasteiger partial charge on any atom is -0.427 e. The van der Waals surface area contributed by atoms with Gasteiger partial charge in [0.1, 0.15) is 0 Å². The number of hydrogen-bond donors (Lipinski definition) is 0. The van der Waals surface area contributed by atoms with Crippen LogP contribution in [0.25, 0.3) is 6.08 Å². The van der Waals surface area contributed by atoms with E-state index in [1.54, 1.807) is 7.11 Å². The van der Waals surface area contributed by atoms with Gasteiger partial charge in [-0.2, -0.15) is 0 Å². The Morgan fingerprint density at radius 3 is 2.67 bits per heavy atom. The maximum atomic E-state index is 5.52. The number of benzene rings is 1. The van der Waals surface area contributed by atoms with Gasteiger partial charge < -0.3 is 9.16 Å². The van der Waals surface area contributed by atoms with E-state index in [9.17, 15) is 0 Å². The van der Waals surface area contributed by atoms with E-state index in [1.807, 2.05) is 6.08 Å². The van der Waals surface area contributed by atoms with Gasteiger partial charge in [0.15, 0.2) is 9.76 Å². The fourth-order valence-corrected chi connectivity index (χ4v) is 1.86. The lowest BCUT2D eigenvalue weighted by Crippen LogP contribution is -2.00. The topological polar surface area (TPSA) is 18.5 Å². The van der Waals surface area contributed by atoms with Crippen molar-refractivity contribution in [2.24, 2.45) is 0 Å². The third-order valence-corrected chi connectivity index (χ3v) is 3.11. The zero-order chi connectivity index (χ0) is 10.9. The molecule has 1 aromatic carbocycles. The molecule has 0 radical (unpaired) electrons. The maximum absolute atomic E-state index is 5.52. The Labute approximate surface area is 93.9 Å². The number of hydrogen-bond acceptors (Lipinski definition) is 2. The van der Waals surface area contributed by atoms with Crippen molar-refractivity contribution >= 4 is 15.8 Å². The van der Waals surface area contributed by atoms with Crippen LogP contribution in [0.5, 0.6) is 0 Å². The predicted molar refractivity (Wildman–Crippen MR) is 66.5 cm³/mol. The fraction of sp³-hybridized carbons (Fsp3) is 0.333. The third-order valence-electron chi connectivity index (χ3n) is 2.12. The molecule has 0 heterocycles. The summed E-state index contributed by atoms with van der Waals surface area (Å²) in [6, 6.07) is 9.34. The highest BCUT2D eigenvalue weighted by molar-refractivity contribution is 6.26. The fourth-order valence-electron chi connectivity index (χ4n) is 1.25. The van der Waals surface area contributed by atoms with E-state index in [0.29, 0.717) is 6.61 Å². The minimum atomic E-state index is -0.327. The Bertz CT molecular complexity index is 282. The third kappa shape index (κ3) is 4.92.